The molecule has 0 aliphatic heterocycles. The lowest BCUT2D eigenvalue weighted by Gasteiger charge is -2.25. The van der Waals surface area contributed by atoms with E-state index in [9.17, 15) is 9.59 Å². The zero-order valence-corrected chi connectivity index (χ0v) is 13.6. The van der Waals surface area contributed by atoms with E-state index in [0.29, 0.717) is 0 Å². The van der Waals surface area contributed by atoms with Crippen LogP contribution in [0.1, 0.15) is 33.3 Å². The number of carbonyl (C=O) groups is 2. The van der Waals surface area contributed by atoms with E-state index in [0.717, 1.165) is 17.8 Å². The number of anilines is 1. The fraction of sp³-hybridized carbons (Fsp3) is 0.529. The molecule has 0 saturated carbocycles. The van der Waals surface area contributed by atoms with Gasteiger partial charge >= 0.3 is 0 Å². The summed E-state index contributed by atoms with van der Waals surface area (Å²) in [5, 5.41) is 2.83. The van der Waals surface area contributed by atoms with E-state index in [1.165, 1.54) is 6.92 Å². The molecule has 0 fully saturated rings. The molecule has 0 aliphatic rings. The van der Waals surface area contributed by atoms with E-state index in [2.05, 4.69) is 11.4 Å². The number of amides is 1. The SMILES string of the molecule is CCN(CC(=O)NC(C(C)=O)C(C)C)c1cccc(C)c1. The first-order chi connectivity index (χ1) is 9.85. The number of hydrogen-bond donors (Lipinski definition) is 1. The van der Waals surface area contributed by atoms with Gasteiger partial charge in [-0.2, -0.15) is 0 Å². The Bertz CT molecular complexity index is 497. The van der Waals surface area contributed by atoms with Crippen molar-refractivity contribution in [1.82, 2.24) is 5.32 Å². The monoisotopic (exact) mass is 290 g/mol. The highest BCUT2D eigenvalue weighted by Crippen LogP contribution is 2.15. The first kappa shape index (κ1) is 17.2. The first-order valence-corrected chi connectivity index (χ1v) is 7.46. The standard InChI is InChI=1S/C17H26N2O2/c1-6-19(15-9-7-8-13(4)10-15)11-16(21)18-17(12(2)3)14(5)20/h7-10,12,17H,6,11H2,1-5H3,(H,18,21). The van der Waals surface area contributed by atoms with Crippen LogP contribution in [0.25, 0.3) is 0 Å². The van der Waals surface area contributed by atoms with Crippen LogP contribution in [0.4, 0.5) is 5.69 Å². The number of hydrogen-bond acceptors (Lipinski definition) is 3. The van der Waals surface area contributed by atoms with Crippen molar-refractivity contribution in [3.05, 3.63) is 29.8 Å². The summed E-state index contributed by atoms with van der Waals surface area (Å²) >= 11 is 0. The van der Waals surface area contributed by atoms with Crippen molar-refractivity contribution >= 4 is 17.4 Å². The Balaban J connectivity index is 2.73. The van der Waals surface area contributed by atoms with Gasteiger partial charge in [-0.1, -0.05) is 26.0 Å². The number of carbonyl (C=O) groups excluding carboxylic acids is 2. The number of likely N-dealkylation sites (N-methyl/N-ethyl adjacent to an activating group) is 1. The molecule has 4 nitrogen and oxygen atoms in total. The van der Waals surface area contributed by atoms with E-state index in [-0.39, 0.29) is 24.2 Å². The van der Waals surface area contributed by atoms with Crippen LogP contribution in [0.15, 0.2) is 24.3 Å². The normalized spacial score (nSPS) is 12.1. The minimum absolute atomic E-state index is 0.00282. The smallest absolute Gasteiger partial charge is 0.240 e. The number of benzene rings is 1. The Morgan fingerprint density at radius 3 is 2.43 bits per heavy atom. The summed E-state index contributed by atoms with van der Waals surface area (Å²) in [7, 11) is 0. The van der Waals surface area contributed by atoms with E-state index < -0.39 is 6.04 Å². The number of aryl methyl sites for hydroxylation is 1. The van der Waals surface area contributed by atoms with E-state index in [1.54, 1.807) is 0 Å². The van der Waals surface area contributed by atoms with Gasteiger partial charge in [-0.3, -0.25) is 9.59 Å². The molecule has 0 radical (unpaired) electrons. The van der Waals surface area contributed by atoms with Gasteiger partial charge in [0.2, 0.25) is 5.91 Å². The molecule has 0 bridgehead atoms. The third-order valence-electron chi connectivity index (χ3n) is 3.50. The number of nitrogens with one attached hydrogen (secondary N) is 1. The predicted octanol–water partition coefficient (Wildman–Crippen LogP) is 2.55. The molecule has 1 N–H and O–H groups in total. The molecule has 1 aromatic carbocycles. The van der Waals surface area contributed by atoms with Crippen molar-refractivity contribution < 1.29 is 9.59 Å². The fourth-order valence-electron chi connectivity index (χ4n) is 2.34. The predicted molar refractivity (Wildman–Crippen MR) is 86.5 cm³/mol. The number of Topliss-reactive ketones (excluding diaryl/α,β-unsaturated/α-hetero) is 1. The highest BCUT2D eigenvalue weighted by molar-refractivity contribution is 5.89. The molecule has 0 saturated heterocycles. The van der Waals surface area contributed by atoms with Crippen LogP contribution in [-0.2, 0) is 9.59 Å². The molecule has 1 rings (SSSR count). The molecule has 21 heavy (non-hydrogen) atoms. The Morgan fingerprint density at radius 1 is 1.29 bits per heavy atom. The van der Waals surface area contributed by atoms with Crippen molar-refractivity contribution in [3.63, 3.8) is 0 Å². The van der Waals surface area contributed by atoms with Gasteiger partial charge in [0.25, 0.3) is 0 Å². The van der Waals surface area contributed by atoms with Crippen LogP contribution in [0.5, 0.6) is 0 Å². The second-order valence-electron chi connectivity index (χ2n) is 5.75. The van der Waals surface area contributed by atoms with E-state index >= 15 is 0 Å². The number of nitrogens with zero attached hydrogens (tertiary/aromatic N) is 1. The molecule has 116 valence electrons. The zero-order chi connectivity index (χ0) is 16.0. The Kier molecular flexibility index (Phi) is 6.40. The van der Waals surface area contributed by atoms with Gasteiger partial charge < -0.3 is 10.2 Å². The highest BCUT2D eigenvalue weighted by atomic mass is 16.2. The topological polar surface area (TPSA) is 49.4 Å². The lowest BCUT2D eigenvalue weighted by molar-refractivity contribution is -0.127. The van der Waals surface area contributed by atoms with Crippen molar-refractivity contribution in [1.29, 1.82) is 0 Å². The van der Waals surface area contributed by atoms with Gasteiger partial charge in [0.15, 0.2) is 5.78 Å². The molecule has 1 atom stereocenters. The molecule has 1 amide bonds. The second-order valence-corrected chi connectivity index (χ2v) is 5.75. The summed E-state index contributed by atoms with van der Waals surface area (Å²) in [6, 6.07) is 7.66. The van der Waals surface area contributed by atoms with Crippen LogP contribution in [0, 0.1) is 12.8 Å². The minimum Gasteiger partial charge on any atom is -0.362 e. The van der Waals surface area contributed by atoms with Crippen molar-refractivity contribution in [2.75, 3.05) is 18.0 Å². The van der Waals surface area contributed by atoms with Crippen LogP contribution >= 0.6 is 0 Å². The average Bonchev–Trinajstić information content (AvgIpc) is 2.41. The molecular weight excluding hydrogens is 264 g/mol. The van der Waals surface area contributed by atoms with Gasteiger partial charge in [-0.05, 0) is 44.4 Å². The highest BCUT2D eigenvalue weighted by Gasteiger charge is 2.21. The van der Waals surface area contributed by atoms with Gasteiger partial charge in [-0.15, -0.1) is 0 Å². The first-order valence-electron chi connectivity index (χ1n) is 7.46. The fourth-order valence-corrected chi connectivity index (χ4v) is 2.34. The summed E-state index contributed by atoms with van der Waals surface area (Å²) in [6.45, 7) is 10.4. The molecule has 0 aliphatic carbocycles. The van der Waals surface area contributed by atoms with Gasteiger partial charge in [-0.25, -0.2) is 0 Å². The third kappa shape index (κ3) is 5.21. The minimum atomic E-state index is -0.409. The molecule has 1 aromatic rings. The molecule has 0 spiro atoms. The maximum absolute atomic E-state index is 12.2. The van der Waals surface area contributed by atoms with Crippen molar-refractivity contribution in [2.24, 2.45) is 5.92 Å². The van der Waals surface area contributed by atoms with Crippen molar-refractivity contribution in [3.8, 4) is 0 Å². The number of rotatable bonds is 7. The Hall–Kier alpha value is -1.84. The largest absolute Gasteiger partial charge is 0.362 e. The van der Waals surface area contributed by atoms with E-state index in [4.69, 9.17) is 0 Å². The van der Waals surface area contributed by atoms with Gasteiger partial charge in [0.05, 0.1) is 12.6 Å². The van der Waals surface area contributed by atoms with E-state index in [1.807, 2.05) is 50.8 Å². The quantitative estimate of drug-likeness (QED) is 0.839. The Labute approximate surface area is 127 Å². The van der Waals surface area contributed by atoms with Gasteiger partial charge in [0, 0.05) is 12.2 Å². The maximum atomic E-state index is 12.2. The summed E-state index contributed by atoms with van der Waals surface area (Å²) in [5.74, 6) is -0.0234. The third-order valence-corrected chi connectivity index (χ3v) is 3.50. The average molecular weight is 290 g/mol. The summed E-state index contributed by atoms with van der Waals surface area (Å²) < 4.78 is 0. The molecule has 4 heteroatoms. The lowest BCUT2D eigenvalue weighted by Crippen LogP contribution is -2.47. The molecule has 0 heterocycles. The summed E-state index contributed by atoms with van der Waals surface area (Å²) in [6.07, 6.45) is 0. The Morgan fingerprint density at radius 2 is 1.95 bits per heavy atom. The maximum Gasteiger partial charge on any atom is 0.240 e. The summed E-state index contributed by atoms with van der Waals surface area (Å²) in [5.41, 5.74) is 2.19. The van der Waals surface area contributed by atoms with Gasteiger partial charge in [0.1, 0.15) is 0 Å². The van der Waals surface area contributed by atoms with Crippen LogP contribution in [0.3, 0.4) is 0 Å². The lowest BCUT2D eigenvalue weighted by atomic mass is 10.0. The van der Waals surface area contributed by atoms with Crippen LogP contribution in [0.2, 0.25) is 0 Å². The molecule has 1 unspecified atom stereocenters. The molecule has 0 aromatic heterocycles. The van der Waals surface area contributed by atoms with Crippen LogP contribution in [-0.4, -0.2) is 30.8 Å². The zero-order valence-electron chi connectivity index (χ0n) is 13.6. The van der Waals surface area contributed by atoms with Crippen LogP contribution < -0.4 is 10.2 Å². The molecular formula is C17H26N2O2. The number of ketones is 1. The van der Waals surface area contributed by atoms with Crippen molar-refractivity contribution in [2.45, 2.75) is 40.7 Å². The second kappa shape index (κ2) is 7.81. The summed E-state index contributed by atoms with van der Waals surface area (Å²) in [4.78, 5) is 25.7.